The molecule has 0 bridgehead atoms. The van der Waals surface area contributed by atoms with Crippen molar-refractivity contribution in [2.45, 2.75) is 70.1 Å². The van der Waals surface area contributed by atoms with Crippen molar-refractivity contribution in [2.24, 2.45) is 5.73 Å². The third kappa shape index (κ3) is 5.55. The van der Waals surface area contributed by atoms with Crippen molar-refractivity contribution in [1.82, 2.24) is 14.9 Å². The van der Waals surface area contributed by atoms with Crippen LogP contribution in [0.15, 0.2) is 90.8 Å². The van der Waals surface area contributed by atoms with Crippen molar-refractivity contribution in [3.63, 3.8) is 0 Å². The predicted molar refractivity (Wildman–Crippen MR) is 190 cm³/mol. The quantitative estimate of drug-likeness (QED) is 0.187. The number of hydrogen-bond acceptors (Lipinski definition) is 8. The fraction of sp³-hybridized carbons (Fsp3) is 0.368. The Morgan fingerprint density at radius 2 is 1.80 bits per heavy atom. The van der Waals surface area contributed by atoms with E-state index in [9.17, 15) is 0 Å². The highest BCUT2D eigenvalue weighted by atomic mass is 15.4. The summed E-state index contributed by atoms with van der Waals surface area (Å²) >= 11 is 0. The van der Waals surface area contributed by atoms with E-state index in [0.29, 0.717) is 11.9 Å². The zero-order chi connectivity index (χ0) is 31.8. The zero-order valence-electron chi connectivity index (χ0n) is 27.3. The fourth-order valence-corrected chi connectivity index (χ4v) is 7.29. The summed E-state index contributed by atoms with van der Waals surface area (Å²) in [6.07, 6.45) is 10.4. The van der Waals surface area contributed by atoms with E-state index in [1.807, 2.05) is 12.1 Å². The zero-order valence-corrected chi connectivity index (χ0v) is 27.3. The van der Waals surface area contributed by atoms with Crippen LogP contribution in [0.2, 0.25) is 0 Å². The van der Waals surface area contributed by atoms with Crippen molar-refractivity contribution in [2.75, 3.05) is 41.0 Å². The van der Waals surface area contributed by atoms with Crippen LogP contribution >= 0.6 is 0 Å². The Hall–Kier alpha value is -4.56. The van der Waals surface area contributed by atoms with Crippen LogP contribution in [0, 0.1) is 0 Å². The lowest BCUT2D eigenvalue weighted by Gasteiger charge is -2.39. The molecule has 1 unspecified atom stereocenters. The molecule has 0 spiro atoms. The van der Waals surface area contributed by atoms with Crippen LogP contribution in [-0.2, 0) is 5.54 Å². The van der Waals surface area contributed by atoms with Gasteiger partial charge in [0.1, 0.15) is 12.0 Å². The number of nitrogens with one attached hydrogen (secondary N) is 1. The number of hydrogen-bond donors (Lipinski definition) is 3. The van der Waals surface area contributed by atoms with E-state index in [1.165, 1.54) is 23.4 Å². The van der Waals surface area contributed by atoms with Crippen molar-refractivity contribution in [3.05, 3.63) is 102 Å². The highest BCUT2D eigenvalue weighted by molar-refractivity contribution is 5.83. The maximum Gasteiger partial charge on any atom is 0.159 e. The fourth-order valence-electron chi connectivity index (χ4n) is 7.29. The Bertz CT molecular complexity index is 1720. The SMILES string of the molecule is CCC=C(C)N(C)C1CCN(c2cccc(-c3ccc4c(n3)N(c3ccc(C5(N)CCC5)cc3)C(c3cccnc3N)N4)c2)CC1. The van der Waals surface area contributed by atoms with Crippen LogP contribution in [0.5, 0.6) is 0 Å². The summed E-state index contributed by atoms with van der Waals surface area (Å²) in [5.41, 5.74) is 21.6. The van der Waals surface area contributed by atoms with Gasteiger partial charge in [0.15, 0.2) is 5.82 Å². The van der Waals surface area contributed by atoms with Gasteiger partial charge in [0.05, 0.1) is 11.4 Å². The molecule has 8 nitrogen and oxygen atoms in total. The number of nitrogens with zero attached hydrogens (tertiary/aromatic N) is 5. The van der Waals surface area contributed by atoms with Crippen molar-refractivity contribution < 1.29 is 0 Å². The summed E-state index contributed by atoms with van der Waals surface area (Å²) in [5.74, 6) is 1.37. The van der Waals surface area contributed by atoms with Crippen molar-refractivity contribution >= 4 is 28.7 Å². The van der Waals surface area contributed by atoms with E-state index in [-0.39, 0.29) is 11.7 Å². The number of piperidine rings is 1. The topological polar surface area (TPSA) is 99.6 Å². The van der Waals surface area contributed by atoms with Crippen LogP contribution in [0.25, 0.3) is 11.3 Å². The molecule has 8 heteroatoms. The molecule has 3 aliphatic rings. The normalized spacial score (nSPS) is 19.4. The minimum Gasteiger partial charge on any atom is -0.383 e. The molecular weight excluding hydrogens is 568 g/mol. The molecule has 7 rings (SSSR count). The van der Waals surface area contributed by atoms with Crippen LogP contribution in [-0.4, -0.2) is 41.0 Å². The van der Waals surface area contributed by atoms with Gasteiger partial charge in [0, 0.05) is 66.1 Å². The molecule has 2 aliphatic heterocycles. The van der Waals surface area contributed by atoms with Crippen molar-refractivity contribution in [1.29, 1.82) is 0 Å². The third-order valence-corrected chi connectivity index (χ3v) is 10.4. The number of allylic oxidation sites excluding steroid dienone is 2. The van der Waals surface area contributed by atoms with Gasteiger partial charge in [-0.25, -0.2) is 9.97 Å². The molecule has 46 heavy (non-hydrogen) atoms. The summed E-state index contributed by atoms with van der Waals surface area (Å²) in [5, 5.41) is 3.68. The van der Waals surface area contributed by atoms with Crippen LogP contribution in [0.1, 0.15) is 69.7 Å². The van der Waals surface area contributed by atoms with Crippen LogP contribution < -0.4 is 26.6 Å². The number of pyridine rings is 2. The molecule has 5 N–H and O–H groups in total. The smallest absolute Gasteiger partial charge is 0.159 e. The molecular formula is C38H46N8. The maximum atomic E-state index is 6.66. The largest absolute Gasteiger partial charge is 0.383 e. The standard InChI is InChI=1S/C38H46N8/c1-4-8-26(2)44(3)29-18-23-45(24-19-29)31-10-5-9-27(25-31)33-16-17-34-37(42-33)46(36(43-34)32-11-6-22-41-35(32)39)30-14-12-28(13-15-30)38(40)20-7-21-38/h5-6,8-17,22,25,29,36,43H,4,7,18-21,23-24,40H2,1-3H3,(H2,39,41). The predicted octanol–water partition coefficient (Wildman–Crippen LogP) is 7.54. The maximum absolute atomic E-state index is 6.66. The second-order valence-corrected chi connectivity index (χ2v) is 13.2. The van der Waals surface area contributed by atoms with E-state index in [0.717, 1.165) is 79.2 Å². The van der Waals surface area contributed by atoms with Crippen LogP contribution in [0.3, 0.4) is 0 Å². The average Bonchev–Trinajstić information content (AvgIpc) is 3.46. The molecule has 1 atom stereocenters. The van der Waals surface area contributed by atoms with E-state index in [1.54, 1.807) is 6.20 Å². The summed E-state index contributed by atoms with van der Waals surface area (Å²) < 4.78 is 0. The van der Waals surface area contributed by atoms with E-state index in [4.69, 9.17) is 16.5 Å². The first kappa shape index (κ1) is 30.1. The lowest BCUT2D eigenvalue weighted by atomic mass is 9.73. The van der Waals surface area contributed by atoms with Crippen molar-refractivity contribution in [3.8, 4) is 11.3 Å². The first-order valence-corrected chi connectivity index (χ1v) is 16.8. The highest BCUT2D eigenvalue weighted by Crippen LogP contribution is 2.47. The van der Waals surface area contributed by atoms with Gasteiger partial charge in [-0.3, -0.25) is 4.90 Å². The van der Waals surface area contributed by atoms with Gasteiger partial charge < -0.3 is 26.6 Å². The monoisotopic (exact) mass is 614 g/mol. The number of benzene rings is 2. The van der Waals surface area contributed by atoms with Gasteiger partial charge in [-0.1, -0.05) is 37.3 Å². The van der Waals surface area contributed by atoms with E-state index >= 15 is 0 Å². The molecule has 238 valence electrons. The van der Waals surface area contributed by atoms with Gasteiger partial charge in [0.2, 0.25) is 0 Å². The number of anilines is 5. The molecule has 1 saturated heterocycles. The lowest BCUT2D eigenvalue weighted by Crippen LogP contribution is -2.43. The van der Waals surface area contributed by atoms with E-state index in [2.05, 4.69) is 113 Å². The molecule has 4 heterocycles. The molecule has 0 amide bonds. The summed E-state index contributed by atoms with van der Waals surface area (Å²) in [7, 11) is 2.24. The number of rotatable bonds is 8. The first-order chi connectivity index (χ1) is 22.3. The Labute approximate surface area is 273 Å². The van der Waals surface area contributed by atoms with Gasteiger partial charge in [0.25, 0.3) is 0 Å². The average molecular weight is 615 g/mol. The lowest BCUT2D eigenvalue weighted by molar-refractivity contribution is 0.253. The minimum absolute atomic E-state index is 0.209. The van der Waals surface area contributed by atoms with Gasteiger partial charge in [-0.2, -0.15) is 0 Å². The minimum atomic E-state index is -0.241. The molecule has 2 fully saturated rings. The van der Waals surface area contributed by atoms with Gasteiger partial charge in [-0.15, -0.1) is 0 Å². The van der Waals surface area contributed by atoms with Gasteiger partial charge in [-0.05, 0) is 99.5 Å². The summed E-state index contributed by atoms with van der Waals surface area (Å²) in [6, 6.07) is 26.3. The van der Waals surface area contributed by atoms with E-state index < -0.39 is 0 Å². The molecule has 1 aliphatic carbocycles. The number of fused-ring (bicyclic) bond motifs is 1. The molecule has 0 radical (unpaired) electrons. The second kappa shape index (κ2) is 12.3. The van der Waals surface area contributed by atoms with Crippen LogP contribution in [0.4, 0.5) is 28.7 Å². The number of nitrogens with two attached hydrogens (primary N) is 2. The first-order valence-electron chi connectivity index (χ1n) is 16.8. The summed E-state index contributed by atoms with van der Waals surface area (Å²) in [6.45, 7) is 6.52. The number of aromatic nitrogens is 2. The third-order valence-electron chi connectivity index (χ3n) is 10.4. The number of nitrogen functional groups attached to an aromatic ring is 1. The Kier molecular flexibility index (Phi) is 8.07. The van der Waals surface area contributed by atoms with Gasteiger partial charge >= 0.3 is 0 Å². The molecule has 2 aromatic heterocycles. The Balaban J connectivity index is 1.17. The Morgan fingerprint density at radius 1 is 1.02 bits per heavy atom. The molecule has 1 saturated carbocycles. The molecule has 2 aromatic carbocycles. The highest BCUT2D eigenvalue weighted by Gasteiger charge is 2.37. The Morgan fingerprint density at radius 3 is 2.50 bits per heavy atom. The summed E-state index contributed by atoms with van der Waals surface area (Å²) in [4.78, 5) is 16.9. The molecule has 4 aromatic rings. The second-order valence-electron chi connectivity index (χ2n) is 13.2.